The third kappa shape index (κ3) is 0.867. The van der Waals surface area contributed by atoms with Gasteiger partial charge in [0.1, 0.15) is 0 Å². The Morgan fingerprint density at radius 2 is 2.14 bits per heavy atom. The minimum absolute atomic E-state index is 0.000000000000000666. The van der Waals surface area contributed by atoms with Crippen LogP contribution < -0.4 is 0 Å². The third-order valence-corrected chi connectivity index (χ3v) is 4.78. The second-order valence-corrected chi connectivity index (χ2v) is 5.10. The summed E-state index contributed by atoms with van der Waals surface area (Å²) in [5.74, 6) is 0.221. The molecule has 0 N–H and O–H groups in total. The maximum Gasteiger partial charge on any atom is 0.316 e. The van der Waals surface area contributed by atoms with E-state index in [-0.39, 0.29) is 22.5 Å². The van der Waals surface area contributed by atoms with Crippen LogP contribution in [0.15, 0.2) is 10.3 Å². The van der Waals surface area contributed by atoms with Gasteiger partial charge in [-0.1, -0.05) is 24.4 Å². The molecule has 0 radical (unpaired) electrons. The summed E-state index contributed by atoms with van der Waals surface area (Å²) in [4.78, 5) is 11.6. The predicted molar refractivity (Wildman–Crippen MR) is 52.7 cm³/mol. The van der Waals surface area contributed by atoms with Crippen molar-refractivity contribution in [1.29, 1.82) is 0 Å². The van der Waals surface area contributed by atoms with Gasteiger partial charge in [-0.25, -0.2) is 0 Å². The standard InChI is InChI=1S/C10H10Cl2O2/c11-7-8(12)14-9(13)6-5-3-1-2-4-10(5,6)7/h5-6H,1-4H2/t5-,6?,10?/m1/s1. The first-order valence-electron chi connectivity index (χ1n) is 4.95. The van der Waals surface area contributed by atoms with E-state index in [0.29, 0.717) is 11.0 Å². The van der Waals surface area contributed by atoms with E-state index in [2.05, 4.69) is 0 Å². The fourth-order valence-corrected chi connectivity index (χ4v) is 3.87. The molecule has 0 aromatic heterocycles. The van der Waals surface area contributed by atoms with Crippen LogP contribution in [0.2, 0.25) is 0 Å². The third-order valence-electron chi connectivity index (χ3n) is 3.89. The van der Waals surface area contributed by atoms with Crippen LogP contribution in [-0.4, -0.2) is 5.97 Å². The molecule has 2 fully saturated rings. The fraction of sp³-hybridized carbons (Fsp3) is 0.700. The van der Waals surface area contributed by atoms with Crippen LogP contribution >= 0.6 is 23.2 Å². The molecular weight excluding hydrogens is 223 g/mol. The molecule has 2 saturated carbocycles. The summed E-state index contributed by atoms with van der Waals surface area (Å²) in [6, 6.07) is 0. The number of carbonyl (C=O) groups is 1. The molecule has 0 aromatic rings. The minimum atomic E-state index is -0.175. The molecular formula is C10H10Cl2O2. The van der Waals surface area contributed by atoms with Gasteiger partial charge in [0, 0.05) is 5.41 Å². The predicted octanol–water partition coefficient (Wildman–Crippen LogP) is 3.00. The molecule has 1 aliphatic heterocycles. The van der Waals surface area contributed by atoms with E-state index in [0.717, 1.165) is 19.3 Å². The van der Waals surface area contributed by atoms with Crippen LogP contribution in [0.1, 0.15) is 25.7 Å². The number of hydrogen-bond acceptors (Lipinski definition) is 2. The number of carbonyl (C=O) groups excluding carboxylic acids is 1. The van der Waals surface area contributed by atoms with E-state index < -0.39 is 0 Å². The normalized spacial score (nSPS) is 45.4. The van der Waals surface area contributed by atoms with Crippen molar-refractivity contribution >= 4 is 29.2 Å². The molecule has 14 heavy (non-hydrogen) atoms. The Balaban J connectivity index is 2.07. The van der Waals surface area contributed by atoms with Crippen LogP contribution in [0.5, 0.6) is 0 Å². The van der Waals surface area contributed by atoms with Crippen LogP contribution in [0.3, 0.4) is 0 Å². The lowest BCUT2D eigenvalue weighted by molar-refractivity contribution is -0.142. The quantitative estimate of drug-likeness (QED) is 0.601. The number of allylic oxidation sites excluding steroid dienone is 1. The number of esters is 1. The molecule has 0 bridgehead atoms. The Bertz CT molecular complexity index is 350. The maximum atomic E-state index is 11.6. The lowest BCUT2D eigenvalue weighted by atomic mass is 9.87. The molecule has 4 heteroatoms. The summed E-state index contributed by atoms with van der Waals surface area (Å²) in [6.07, 6.45) is 4.41. The van der Waals surface area contributed by atoms with Crippen molar-refractivity contribution in [1.82, 2.24) is 0 Å². The smallest absolute Gasteiger partial charge is 0.316 e. The van der Waals surface area contributed by atoms with Gasteiger partial charge in [0.15, 0.2) is 0 Å². The van der Waals surface area contributed by atoms with Gasteiger partial charge in [0.2, 0.25) is 5.22 Å². The van der Waals surface area contributed by atoms with E-state index in [9.17, 15) is 4.79 Å². The summed E-state index contributed by atoms with van der Waals surface area (Å²) >= 11 is 12.0. The Morgan fingerprint density at radius 1 is 1.36 bits per heavy atom. The number of halogens is 2. The van der Waals surface area contributed by atoms with Gasteiger partial charge in [0.25, 0.3) is 0 Å². The van der Waals surface area contributed by atoms with Crippen molar-refractivity contribution in [3.63, 3.8) is 0 Å². The molecule has 0 amide bonds. The first kappa shape index (κ1) is 9.05. The van der Waals surface area contributed by atoms with Gasteiger partial charge >= 0.3 is 5.97 Å². The SMILES string of the molecule is O=C1OC(Cl)=C(Cl)C23CCCC[C@@H]2C13. The summed E-state index contributed by atoms with van der Waals surface area (Å²) < 4.78 is 4.91. The lowest BCUT2D eigenvalue weighted by Gasteiger charge is -2.24. The highest BCUT2D eigenvalue weighted by atomic mass is 35.5. The van der Waals surface area contributed by atoms with Gasteiger partial charge in [-0.05, 0) is 30.4 Å². The van der Waals surface area contributed by atoms with Crippen molar-refractivity contribution in [2.24, 2.45) is 17.3 Å². The second-order valence-electron chi connectivity index (χ2n) is 4.38. The summed E-state index contributed by atoms with van der Waals surface area (Å²) in [5, 5.41) is 0.700. The van der Waals surface area contributed by atoms with Crippen LogP contribution in [-0.2, 0) is 9.53 Å². The number of hydrogen-bond donors (Lipinski definition) is 0. The zero-order valence-corrected chi connectivity index (χ0v) is 9.07. The van der Waals surface area contributed by atoms with E-state index in [4.69, 9.17) is 27.9 Å². The average molecular weight is 233 g/mol. The number of cyclic esters (lactones) is 1. The fourth-order valence-electron chi connectivity index (χ4n) is 3.23. The molecule has 0 aromatic carbocycles. The zero-order chi connectivity index (χ0) is 9.92. The Labute approximate surface area is 92.2 Å². The van der Waals surface area contributed by atoms with Gasteiger partial charge in [-0.15, -0.1) is 0 Å². The van der Waals surface area contributed by atoms with E-state index in [1.54, 1.807) is 0 Å². The molecule has 3 aliphatic rings. The second kappa shape index (κ2) is 2.67. The van der Waals surface area contributed by atoms with E-state index in [1.165, 1.54) is 6.42 Å². The maximum absolute atomic E-state index is 11.6. The lowest BCUT2D eigenvalue weighted by Crippen LogP contribution is -2.20. The molecule has 2 unspecified atom stereocenters. The Kier molecular flexibility index (Phi) is 1.73. The Morgan fingerprint density at radius 3 is 2.93 bits per heavy atom. The van der Waals surface area contributed by atoms with Gasteiger partial charge in [-0.3, -0.25) is 4.79 Å². The highest BCUT2D eigenvalue weighted by molar-refractivity contribution is 6.40. The summed E-state index contributed by atoms with van der Waals surface area (Å²) in [6.45, 7) is 0. The van der Waals surface area contributed by atoms with Crippen molar-refractivity contribution in [2.45, 2.75) is 25.7 Å². The van der Waals surface area contributed by atoms with Crippen LogP contribution in [0, 0.1) is 17.3 Å². The number of rotatable bonds is 0. The number of fused-ring (bicyclic) bond motifs is 1. The summed E-state index contributed by atoms with van der Waals surface area (Å²) in [5.41, 5.74) is -0.119. The van der Waals surface area contributed by atoms with E-state index >= 15 is 0 Å². The van der Waals surface area contributed by atoms with E-state index in [1.807, 2.05) is 0 Å². The van der Waals surface area contributed by atoms with Gasteiger partial charge in [0.05, 0.1) is 11.0 Å². The first-order chi connectivity index (χ1) is 6.68. The van der Waals surface area contributed by atoms with Crippen molar-refractivity contribution < 1.29 is 9.53 Å². The first-order valence-corrected chi connectivity index (χ1v) is 5.71. The molecule has 3 rings (SSSR count). The van der Waals surface area contributed by atoms with Crippen molar-refractivity contribution in [3.05, 3.63) is 10.3 Å². The van der Waals surface area contributed by atoms with Crippen LogP contribution in [0.25, 0.3) is 0 Å². The molecule has 2 aliphatic carbocycles. The largest absolute Gasteiger partial charge is 0.412 e. The molecule has 76 valence electrons. The van der Waals surface area contributed by atoms with Crippen molar-refractivity contribution in [3.8, 4) is 0 Å². The molecule has 3 atom stereocenters. The monoisotopic (exact) mass is 232 g/mol. The zero-order valence-electron chi connectivity index (χ0n) is 7.56. The highest BCUT2D eigenvalue weighted by Gasteiger charge is 2.73. The molecule has 1 spiro atoms. The molecule has 0 saturated heterocycles. The van der Waals surface area contributed by atoms with Gasteiger partial charge in [-0.2, -0.15) is 0 Å². The van der Waals surface area contributed by atoms with Gasteiger partial charge < -0.3 is 4.74 Å². The summed E-state index contributed by atoms with van der Waals surface area (Å²) in [7, 11) is 0. The average Bonchev–Trinajstić information content (AvgIpc) is 2.85. The van der Waals surface area contributed by atoms with Crippen LogP contribution in [0.4, 0.5) is 0 Å². The topological polar surface area (TPSA) is 26.3 Å². The molecule has 2 nitrogen and oxygen atoms in total. The number of ether oxygens (including phenoxy) is 1. The Hall–Kier alpha value is -0.210. The van der Waals surface area contributed by atoms with Crippen molar-refractivity contribution in [2.75, 3.05) is 0 Å². The highest BCUT2D eigenvalue weighted by Crippen LogP contribution is 2.73. The minimum Gasteiger partial charge on any atom is -0.412 e. The molecule has 1 heterocycles.